The predicted molar refractivity (Wildman–Crippen MR) is 98.6 cm³/mol. The largest absolute Gasteiger partial charge is 0.468 e. The number of likely N-dealkylation sites (N-methyl/N-ethyl adjacent to an activating group) is 1. The summed E-state index contributed by atoms with van der Waals surface area (Å²) in [5.41, 5.74) is 2.41. The lowest BCUT2D eigenvalue weighted by atomic mass is 10.1. The summed E-state index contributed by atoms with van der Waals surface area (Å²) in [7, 11) is 2.99. The molecular weight excluding hydrogens is 340 g/mol. The highest BCUT2D eigenvalue weighted by molar-refractivity contribution is 6.31. The third-order valence-corrected chi connectivity index (χ3v) is 4.14. The van der Waals surface area contributed by atoms with E-state index in [0.29, 0.717) is 16.3 Å². The van der Waals surface area contributed by atoms with Crippen LogP contribution in [0.1, 0.15) is 17.2 Å². The van der Waals surface area contributed by atoms with Crippen molar-refractivity contribution in [2.24, 2.45) is 0 Å². The SMILES string of the molecule is COC(=O)[C@H](c1ccccc1Cl)N(C)CC(=O)Nc1ccc(C)cc1. The van der Waals surface area contributed by atoms with Crippen molar-refractivity contribution < 1.29 is 14.3 Å². The summed E-state index contributed by atoms with van der Waals surface area (Å²) in [5, 5.41) is 3.26. The number of methoxy groups -OCH3 is 1. The smallest absolute Gasteiger partial charge is 0.327 e. The van der Waals surface area contributed by atoms with Crippen LogP contribution in [0.15, 0.2) is 48.5 Å². The Hall–Kier alpha value is -2.37. The molecule has 2 aromatic carbocycles. The number of amides is 1. The topological polar surface area (TPSA) is 58.6 Å². The number of aryl methyl sites for hydroxylation is 1. The van der Waals surface area contributed by atoms with E-state index in [-0.39, 0.29) is 12.5 Å². The number of nitrogens with one attached hydrogen (secondary N) is 1. The molecular formula is C19H21ClN2O3. The van der Waals surface area contributed by atoms with Gasteiger partial charge in [0, 0.05) is 10.7 Å². The number of hydrogen-bond acceptors (Lipinski definition) is 4. The maximum absolute atomic E-state index is 12.3. The maximum atomic E-state index is 12.3. The Balaban J connectivity index is 2.12. The number of esters is 1. The zero-order valence-corrected chi connectivity index (χ0v) is 15.2. The monoisotopic (exact) mass is 360 g/mol. The number of ether oxygens (including phenoxy) is 1. The van der Waals surface area contributed by atoms with Crippen molar-refractivity contribution in [3.63, 3.8) is 0 Å². The average Bonchev–Trinajstić information content (AvgIpc) is 2.58. The molecule has 132 valence electrons. The molecule has 0 radical (unpaired) electrons. The van der Waals surface area contributed by atoms with Gasteiger partial charge in [0.15, 0.2) is 0 Å². The van der Waals surface area contributed by atoms with Gasteiger partial charge in [-0.3, -0.25) is 9.69 Å². The van der Waals surface area contributed by atoms with E-state index in [1.54, 1.807) is 36.2 Å². The first kappa shape index (κ1) is 19.0. The lowest BCUT2D eigenvalue weighted by Crippen LogP contribution is -2.37. The van der Waals surface area contributed by atoms with Gasteiger partial charge >= 0.3 is 5.97 Å². The summed E-state index contributed by atoms with van der Waals surface area (Å²) in [6.45, 7) is 1.99. The van der Waals surface area contributed by atoms with E-state index >= 15 is 0 Å². The summed E-state index contributed by atoms with van der Waals surface area (Å²) in [6, 6.07) is 13.8. The van der Waals surface area contributed by atoms with E-state index in [1.807, 2.05) is 31.2 Å². The van der Waals surface area contributed by atoms with E-state index in [4.69, 9.17) is 16.3 Å². The van der Waals surface area contributed by atoms with Crippen LogP contribution >= 0.6 is 11.6 Å². The standard InChI is InChI=1S/C19H21ClN2O3/c1-13-8-10-14(11-9-13)21-17(23)12-22(2)18(19(24)25-3)15-6-4-5-7-16(15)20/h4-11,18H,12H2,1-3H3,(H,21,23)/t18-/m0/s1. The minimum absolute atomic E-state index is 0.0128. The van der Waals surface area contributed by atoms with Crippen molar-refractivity contribution in [3.05, 3.63) is 64.7 Å². The van der Waals surface area contributed by atoms with E-state index < -0.39 is 12.0 Å². The fraction of sp³-hybridized carbons (Fsp3) is 0.263. The molecule has 0 aliphatic heterocycles. The molecule has 0 fully saturated rings. The zero-order valence-electron chi connectivity index (χ0n) is 14.5. The van der Waals surface area contributed by atoms with Crippen molar-refractivity contribution in [1.29, 1.82) is 0 Å². The van der Waals surface area contributed by atoms with Crippen molar-refractivity contribution in [1.82, 2.24) is 4.90 Å². The summed E-state index contributed by atoms with van der Waals surface area (Å²) in [6.07, 6.45) is 0. The molecule has 0 saturated carbocycles. The van der Waals surface area contributed by atoms with Gasteiger partial charge in [-0.25, -0.2) is 4.79 Å². The Morgan fingerprint density at radius 1 is 1.16 bits per heavy atom. The number of carbonyl (C=O) groups is 2. The van der Waals surface area contributed by atoms with Gasteiger partial charge in [0.2, 0.25) is 5.91 Å². The van der Waals surface area contributed by atoms with Crippen LogP contribution in [0.3, 0.4) is 0 Å². The van der Waals surface area contributed by atoms with Gasteiger partial charge in [-0.1, -0.05) is 47.5 Å². The van der Waals surface area contributed by atoms with Crippen LogP contribution in [0.25, 0.3) is 0 Å². The van der Waals surface area contributed by atoms with Crippen molar-refractivity contribution in [2.75, 3.05) is 26.0 Å². The lowest BCUT2D eigenvalue weighted by Gasteiger charge is -2.26. The maximum Gasteiger partial charge on any atom is 0.327 e. The van der Waals surface area contributed by atoms with Gasteiger partial charge < -0.3 is 10.1 Å². The number of benzene rings is 2. The van der Waals surface area contributed by atoms with Crippen LogP contribution in [0.4, 0.5) is 5.69 Å². The van der Waals surface area contributed by atoms with Crippen LogP contribution < -0.4 is 5.32 Å². The first-order chi connectivity index (χ1) is 11.9. The van der Waals surface area contributed by atoms with E-state index in [2.05, 4.69) is 5.32 Å². The fourth-order valence-electron chi connectivity index (χ4n) is 2.51. The number of carbonyl (C=O) groups excluding carboxylic acids is 2. The Morgan fingerprint density at radius 3 is 2.40 bits per heavy atom. The van der Waals surface area contributed by atoms with Gasteiger partial charge in [-0.05, 0) is 37.7 Å². The molecule has 0 bridgehead atoms. The van der Waals surface area contributed by atoms with Gasteiger partial charge in [0.1, 0.15) is 6.04 Å². The molecule has 1 N–H and O–H groups in total. The molecule has 1 amide bonds. The number of hydrogen-bond donors (Lipinski definition) is 1. The predicted octanol–water partition coefficient (Wildman–Crippen LogP) is 3.43. The van der Waals surface area contributed by atoms with Crippen molar-refractivity contribution in [3.8, 4) is 0 Å². The van der Waals surface area contributed by atoms with Gasteiger partial charge in [0.25, 0.3) is 0 Å². The third kappa shape index (κ3) is 5.05. The van der Waals surface area contributed by atoms with Gasteiger partial charge in [-0.2, -0.15) is 0 Å². The second-order valence-electron chi connectivity index (χ2n) is 5.78. The summed E-state index contributed by atoms with van der Waals surface area (Å²) >= 11 is 6.21. The van der Waals surface area contributed by atoms with E-state index in [9.17, 15) is 9.59 Å². The molecule has 0 heterocycles. The molecule has 0 aromatic heterocycles. The Labute approximate surface area is 152 Å². The highest BCUT2D eigenvalue weighted by Gasteiger charge is 2.29. The van der Waals surface area contributed by atoms with Gasteiger partial charge in [0.05, 0.1) is 13.7 Å². The number of rotatable bonds is 6. The first-order valence-electron chi connectivity index (χ1n) is 7.81. The highest BCUT2D eigenvalue weighted by atomic mass is 35.5. The van der Waals surface area contributed by atoms with Crippen molar-refractivity contribution >= 4 is 29.2 Å². The minimum atomic E-state index is -0.762. The molecule has 0 aliphatic carbocycles. The molecule has 0 aliphatic rings. The van der Waals surface area contributed by atoms with Crippen molar-refractivity contribution in [2.45, 2.75) is 13.0 Å². The second kappa shape index (κ2) is 8.65. The van der Waals surface area contributed by atoms with E-state index in [1.165, 1.54) is 7.11 Å². The molecule has 2 rings (SSSR count). The third-order valence-electron chi connectivity index (χ3n) is 3.79. The zero-order chi connectivity index (χ0) is 18.4. The fourth-order valence-corrected chi connectivity index (χ4v) is 2.75. The second-order valence-corrected chi connectivity index (χ2v) is 6.18. The van der Waals surface area contributed by atoms with Crippen LogP contribution in [0.5, 0.6) is 0 Å². The molecule has 0 spiro atoms. The van der Waals surface area contributed by atoms with Gasteiger partial charge in [-0.15, -0.1) is 0 Å². The van der Waals surface area contributed by atoms with Crippen LogP contribution in [-0.4, -0.2) is 37.5 Å². The summed E-state index contributed by atoms with van der Waals surface area (Å²) < 4.78 is 4.88. The lowest BCUT2D eigenvalue weighted by molar-refractivity contribution is -0.147. The summed E-state index contributed by atoms with van der Waals surface area (Å²) in [5.74, 6) is -0.703. The Morgan fingerprint density at radius 2 is 1.80 bits per heavy atom. The summed E-state index contributed by atoms with van der Waals surface area (Å²) in [4.78, 5) is 26.1. The normalized spacial score (nSPS) is 11.9. The molecule has 0 saturated heterocycles. The molecule has 0 unspecified atom stereocenters. The first-order valence-corrected chi connectivity index (χ1v) is 8.19. The molecule has 25 heavy (non-hydrogen) atoms. The van der Waals surface area contributed by atoms with Crippen LogP contribution in [-0.2, 0) is 14.3 Å². The van der Waals surface area contributed by atoms with Crippen LogP contribution in [0, 0.1) is 6.92 Å². The molecule has 2 aromatic rings. The molecule has 5 nitrogen and oxygen atoms in total. The number of anilines is 1. The quantitative estimate of drug-likeness (QED) is 0.802. The molecule has 6 heteroatoms. The Kier molecular flexibility index (Phi) is 6.56. The number of nitrogens with zero attached hydrogens (tertiary/aromatic N) is 1. The number of halogens is 1. The highest BCUT2D eigenvalue weighted by Crippen LogP contribution is 2.27. The average molecular weight is 361 g/mol. The minimum Gasteiger partial charge on any atom is -0.468 e. The van der Waals surface area contributed by atoms with Crippen LogP contribution in [0.2, 0.25) is 5.02 Å². The van der Waals surface area contributed by atoms with E-state index in [0.717, 1.165) is 5.56 Å². The molecule has 1 atom stereocenters. The Bertz CT molecular complexity index is 747.